The monoisotopic (exact) mass is 413 g/mol. The molecule has 0 fully saturated rings. The summed E-state index contributed by atoms with van der Waals surface area (Å²) in [5.41, 5.74) is 7.98. The van der Waals surface area contributed by atoms with Crippen LogP contribution in [0.2, 0.25) is 0 Å². The number of anilines is 1. The van der Waals surface area contributed by atoms with Gasteiger partial charge < -0.3 is 4.90 Å². The van der Waals surface area contributed by atoms with Crippen LogP contribution in [0, 0.1) is 13.8 Å². The fourth-order valence-corrected chi connectivity index (χ4v) is 4.37. The Morgan fingerprint density at radius 3 is 1.94 bits per heavy atom. The Labute approximate surface area is 187 Å². The minimum atomic E-state index is 1.00. The summed E-state index contributed by atoms with van der Waals surface area (Å²) in [6.07, 6.45) is 8.69. The highest BCUT2D eigenvalue weighted by Gasteiger charge is 2.23. The van der Waals surface area contributed by atoms with Crippen molar-refractivity contribution in [2.24, 2.45) is 0 Å². The van der Waals surface area contributed by atoms with Crippen molar-refractivity contribution in [1.29, 1.82) is 0 Å². The molecule has 0 N–H and O–H groups in total. The average molecular weight is 414 g/mol. The van der Waals surface area contributed by atoms with Crippen LogP contribution in [-0.4, -0.2) is 23.1 Å². The van der Waals surface area contributed by atoms with Gasteiger partial charge in [-0.1, -0.05) is 92.3 Å². The lowest BCUT2D eigenvalue weighted by Crippen LogP contribution is -2.32. The third-order valence-corrected chi connectivity index (χ3v) is 6.27. The van der Waals surface area contributed by atoms with Crippen LogP contribution in [0.4, 0.5) is 5.82 Å². The number of aromatic nitrogens is 2. The largest absolute Gasteiger partial charge is 0.355 e. The molecule has 0 spiro atoms. The number of aryl methyl sites for hydroxylation is 3. The molecule has 1 aliphatic heterocycles. The molecule has 31 heavy (non-hydrogen) atoms. The highest BCUT2D eigenvalue weighted by molar-refractivity contribution is 5.79. The molecule has 3 heteroatoms. The lowest BCUT2D eigenvalue weighted by atomic mass is 10.0. The lowest BCUT2D eigenvalue weighted by molar-refractivity contribution is 0.594. The first-order valence-corrected chi connectivity index (χ1v) is 12.0. The second-order valence-corrected chi connectivity index (χ2v) is 8.93. The number of hydrogen-bond donors (Lipinski definition) is 0. The second kappa shape index (κ2) is 10.1. The van der Waals surface area contributed by atoms with E-state index in [0.717, 1.165) is 60.0 Å². The van der Waals surface area contributed by atoms with Crippen LogP contribution < -0.4 is 4.90 Å². The molecule has 1 aromatic heterocycles. The summed E-state index contributed by atoms with van der Waals surface area (Å²) in [5, 5.41) is 0. The van der Waals surface area contributed by atoms with E-state index in [2.05, 4.69) is 74.2 Å². The van der Waals surface area contributed by atoms with Gasteiger partial charge in [0.1, 0.15) is 0 Å². The smallest absolute Gasteiger partial charge is 0.151 e. The summed E-state index contributed by atoms with van der Waals surface area (Å²) >= 11 is 0. The highest BCUT2D eigenvalue weighted by Crippen LogP contribution is 2.35. The Bertz CT molecular complexity index is 990. The summed E-state index contributed by atoms with van der Waals surface area (Å²) in [5.74, 6) is 1.10. The molecule has 0 bridgehead atoms. The van der Waals surface area contributed by atoms with Gasteiger partial charge in [0.05, 0.1) is 17.1 Å². The van der Waals surface area contributed by atoms with Crippen LogP contribution in [-0.2, 0) is 6.42 Å². The number of fused-ring (bicyclic) bond motifs is 1. The van der Waals surface area contributed by atoms with Crippen molar-refractivity contribution in [3.8, 4) is 22.5 Å². The van der Waals surface area contributed by atoms with E-state index in [1.54, 1.807) is 0 Å². The zero-order valence-corrected chi connectivity index (χ0v) is 19.3. The average Bonchev–Trinajstić information content (AvgIpc) is 2.79. The fourth-order valence-electron chi connectivity index (χ4n) is 4.37. The summed E-state index contributed by atoms with van der Waals surface area (Å²) < 4.78 is 0. The van der Waals surface area contributed by atoms with E-state index in [1.807, 2.05) is 0 Å². The van der Waals surface area contributed by atoms with Gasteiger partial charge in [-0.25, -0.2) is 9.97 Å². The molecule has 3 aromatic rings. The summed E-state index contributed by atoms with van der Waals surface area (Å²) in [6.45, 7) is 8.70. The molecule has 2 aromatic carbocycles. The third kappa shape index (κ3) is 5.15. The van der Waals surface area contributed by atoms with E-state index in [0.29, 0.717) is 0 Å². The topological polar surface area (TPSA) is 29.0 Å². The van der Waals surface area contributed by atoms with Gasteiger partial charge in [-0.05, 0) is 33.1 Å². The second-order valence-electron chi connectivity index (χ2n) is 8.93. The molecule has 0 aliphatic carbocycles. The number of nitrogens with zero attached hydrogens (tertiary/aromatic N) is 3. The van der Waals surface area contributed by atoms with Gasteiger partial charge in [-0.15, -0.1) is 0 Å². The number of unbranched alkanes of at least 4 members (excludes halogenated alkanes) is 4. The lowest BCUT2D eigenvalue weighted by Gasteiger charge is -2.30. The van der Waals surface area contributed by atoms with E-state index in [1.165, 1.54) is 43.2 Å². The van der Waals surface area contributed by atoms with Crippen molar-refractivity contribution in [2.45, 2.75) is 65.7 Å². The molecule has 3 nitrogen and oxygen atoms in total. The Hall–Kier alpha value is -2.68. The van der Waals surface area contributed by atoms with Gasteiger partial charge >= 0.3 is 0 Å². The number of benzene rings is 2. The fraction of sp³-hybridized carbons (Fsp3) is 0.429. The van der Waals surface area contributed by atoms with Gasteiger partial charge in [0, 0.05) is 24.2 Å². The molecule has 4 rings (SSSR count). The first kappa shape index (κ1) is 21.5. The maximum absolute atomic E-state index is 5.27. The highest BCUT2D eigenvalue weighted by atomic mass is 15.2. The van der Waals surface area contributed by atoms with E-state index in [-0.39, 0.29) is 0 Å². The van der Waals surface area contributed by atoms with Gasteiger partial charge in [-0.2, -0.15) is 0 Å². The van der Waals surface area contributed by atoms with E-state index in [9.17, 15) is 0 Å². The SMILES string of the molecule is CCCCCCCN1CCCc2nc(-c3ccc(C)cc3)c(-c3ccc(C)cc3)nc21. The molecular formula is C28H35N3. The van der Waals surface area contributed by atoms with Crippen molar-refractivity contribution in [2.75, 3.05) is 18.0 Å². The van der Waals surface area contributed by atoms with E-state index in [4.69, 9.17) is 9.97 Å². The molecule has 0 amide bonds. The van der Waals surface area contributed by atoms with Gasteiger partial charge in [0.25, 0.3) is 0 Å². The van der Waals surface area contributed by atoms with Crippen LogP contribution in [0.1, 0.15) is 62.3 Å². The van der Waals surface area contributed by atoms with Gasteiger partial charge in [0.2, 0.25) is 0 Å². The molecular weight excluding hydrogens is 378 g/mol. The molecule has 0 saturated carbocycles. The molecule has 0 unspecified atom stereocenters. The van der Waals surface area contributed by atoms with Crippen molar-refractivity contribution < 1.29 is 0 Å². The quantitative estimate of drug-likeness (QED) is 0.367. The predicted octanol–water partition coefficient (Wildman–Crippen LogP) is 7.15. The van der Waals surface area contributed by atoms with E-state index >= 15 is 0 Å². The van der Waals surface area contributed by atoms with Crippen LogP contribution in [0.3, 0.4) is 0 Å². The molecule has 162 valence electrons. The van der Waals surface area contributed by atoms with Crippen LogP contribution in [0.15, 0.2) is 48.5 Å². The Morgan fingerprint density at radius 2 is 1.32 bits per heavy atom. The first-order valence-electron chi connectivity index (χ1n) is 12.0. The standard InChI is InChI=1S/C28H35N3/c1-4-5-6-7-8-19-31-20-9-10-25-28(31)30-27(24-17-13-22(3)14-18-24)26(29-25)23-15-11-21(2)12-16-23/h11-18H,4-10,19-20H2,1-3H3. The van der Waals surface area contributed by atoms with E-state index < -0.39 is 0 Å². The molecule has 2 heterocycles. The van der Waals surface area contributed by atoms with Crippen molar-refractivity contribution in [1.82, 2.24) is 9.97 Å². The maximum atomic E-state index is 5.27. The molecule has 1 aliphatic rings. The Kier molecular flexibility index (Phi) is 7.01. The summed E-state index contributed by atoms with van der Waals surface area (Å²) in [6, 6.07) is 17.4. The van der Waals surface area contributed by atoms with Crippen LogP contribution >= 0.6 is 0 Å². The molecule has 0 atom stereocenters. The third-order valence-electron chi connectivity index (χ3n) is 6.27. The maximum Gasteiger partial charge on any atom is 0.151 e. The van der Waals surface area contributed by atoms with Gasteiger partial charge in [0.15, 0.2) is 5.82 Å². The zero-order valence-electron chi connectivity index (χ0n) is 19.3. The Morgan fingerprint density at radius 1 is 0.742 bits per heavy atom. The Balaban J connectivity index is 1.71. The minimum absolute atomic E-state index is 1.00. The summed E-state index contributed by atoms with van der Waals surface area (Å²) in [4.78, 5) is 13.0. The van der Waals surface area contributed by atoms with Gasteiger partial charge in [-0.3, -0.25) is 0 Å². The van der Waals surface area contributed by atoms with Crippen molar-refractivity contribution >= 4 is 5.82 Å². The summed E-state index contributed by atoms with van der Waals surface area (Å²) in [7, 11) is 0. The van der Waals surface area contributed by atoms with Crippen molar-refractivity contribution in [3.63, 3.8) is 0 Å². The molecule has 0 radical (unpaired) electrons. The predicted molar refractivity (Wildman–Crippen MR) is 132 cm³/mol. The molecule has 0 saturated heterocycles. The van der Waals surface area contributed by atoms with Crippen LogP contribution in [0.5, 0.6) is 0 Å². The zero-order chi connectivity index (χ0) is 21.6. The number of rotatable bonds is 8. The minimum Gasteiger partial charge on any atom is -0.355 e. The normalized spacial score (nSPS) is 13.3. The number of hydrogen-bond acceptors (Lipinski definition) is 3. The van der Waals surface area contributed by atoms with Crippen molar-refractivity contribution in [3.05, 3.63) is 65.4 Å². The first-order chi connectivity index (χ1) is 15.2. The van der Waals surface area contributed by atoms with Crippen LogP contribution in [0.25, 0.3) is 22.5 Å².